The summed E-state index contributed by atoms with van der Waals surface area (Å²) in [6, 6.07) is 4.74. The first-order valence-electron chi connectivity index (χ1n) is 6.41. The van der Waals surface area contributed by atoms with Gasteiger partial charge in [-0.3, -0.25) is 4.68 Å². The number of nitrogens with one attached hydrogen (secondary N) is 1. The van der Waals surface area contributed by atoms with Crippen molar-refractivity contribution in [1.82, 2.24) is 15.1 Å². The normalized spacial score (nSPS) is 14.9. The highest BCUT2D eigenvalue weighted by atomic mass is 16.3. The van der Waals surface area contributed by atoms with Gasteiger partial charge in [-0.25, -0.2) is 0 Å². The van der Waals surface area contributed by atoms with E-state index in [0.717, 1.165) is 5.76 Å². The van der Waals surface area contributed by atoms with E-state index >= 15 is 0 Å². The molecule has 4 nitrogen and oxygen atoms in total. The van der Waals surface area contributed by atoms with Gasteiger partial charge in [-0.05, 0) is 39.8 Å². The second kappa shape index (κ2) is 5.40. The molecule has 0 aliphatic heterocycles. The van der Waals surface area contributed by atoms with Crippen LogP contribution in [0.2, 0.25) is 0 Å². The quantitative estimate of drug-likeness (QED) is 0.879. The van der Waals surface area contributed by atoms with Crippen LogP contribution in [0.1, 0.15) is 57.1 Å². The largest absolute Gasteiger partial charge is 0.468 e. The van der Waals surface area contributed by atoms with E-state index in [9.17, 15) is 0 Å². The Hall–Kier alpha value is -1.55. The summed E-state index contributed by atoms with van der Waals surface area (Å²) in [6.07, 6.45) is 5.72. The fourth-order valence-electron chi connectivity index (χ4n) is 1.95. The van der Waals surface area contributed by atoms with Crippen molar-refractivity contribution >= 4 is 0 Å². The number of aromatic nitrogens is 2. The molecule has 0 fully saturated rings. The first kappa shape index (κ1) is 12.9. The molecular weight excluding hydrogens is 226 g/mol. The minimum Gasteiger partial charge on any atom is -0.468 e. The van der Waals surface area contributed by atoms with E-state index in [4.69, 9.17) is 4.42 Å². The number of furan rings is 1. The van der Waals surface area contributed by atoms with Gasteiger partial charge >= 0.3 is 0 Å². The van der Waals surface area contributed by atoms with Gasteiger partial charge in [0, 0.05) is 23.8 Å². The Morgan fingerprint density at radius 2 is 2.00 bits per heavy atom. The van der Waals surface area contributed by atoms with Gasteiger partial charge < -0.3 is 9.73 Å². The number of hydrogen-bond donors (Lipinski definition) is 1. The van der Waals surface area contributed by atoms with Gasteiger partial charge in [0.2, 0.25) is 0 Å². The maximum Gasteiger partial charge on any atom is 0.120 e. The predicted octanol–water partition coefficient (Wildman–Crippen LogP) is 3.47. The lowest BCUT2D eigenvalue weighted by Crippen LogP contribution is -2.21. The Morgan fingerprint density at radius 3 is 2.56 bits per heavy atom. The molecule has 0 saturated heterocycles. The molecule has 4 heteroatoms. The standard InChI is InChI=1S/C14H21N3O/c1-10(2)17-9-13(8-15-17)11(3)16-12(4)14-6-5-7-18-14/h5-12,16H,1-4H3/t11-,12-/m0/s1. The summed E-state index contributed by atoms with van der Waals surface area (Å²) in [5.41, 5.74) is 1.20. The van der Waals surface area contributed by atoms with Crippen molar-refractivity contribution in [2.75, 3.05) is 0 Å². The molecule has 2 heterocycles. The zero-order chi connectivity index (χ0) is 13.1. The van der Waals surface area contributed by atoms with Crippen molar-refractivity contribution in [3.8, 4) is 0 Å². The van der Waals surface area contributed by atoms with E-state index in [1.54, 1.807) is 6.26 Å². The van der Waals surface area contributed by atoms with Gasteiger partial charge in [-0.15, -0.1) is 0 Å². The van der Waals surface area contributed by atoms with Gasteiger partial charge in [-0.2, -0.15) is 5.10 Å². The van der Waals surface area contributed by atoms with Crippen LogP contribution in [-0.2, 0) is 0 Å². The van der Waals surface area contributed by atoms with Crippen molar-refractivity contribution in [2.24, 2.45) is 0 Å². The Balaban J connectivity index is 2.00. The first-order valence-corrected chi connectivity index (χ1v) is 6.41. The molecule has 0 aliphatic carbocycles. The molecule has 0 aromatic carbocycles. The molecule has 1 N–H and O–H groups in total. The number of hydrogen-bond acceptors (Lipinski definition) is 3. The zero-order valence-corrected chi connectivity index (χ0v) is 11.4. The summed E-state index contributed by atoms with van der Waals surface area (Å²) in [5.74, 6) is 0.957. The van der Waals surface area contributed by atoms with Gasteiger partial charge in [0.15, 0.2) is 0 Å². The second-order valence-corrected chi connectivity index (χ2v) is 4.97. The summed E-state index contributed by atoms with van der Waals surface area (Å²) >= 11 is 0. The lowest BCUT2D eigenvalue weighted by Gasteiger charge is -2.17. The smallest absolute Gasteiger partial charge is 0.120 e. The first-order chi connectivity index (χ1) is 8.58. The molecule has 2 rings (SSSR count). The Bertz CT molecular complexity index is 473. The van der Waals surface area contributed by atoms with Crippen molar-refractivity contribution in [2.45, 2.75) is 45.8 Å². The average molecular weight is 247 g/mol. The molecule has 2 aromatic rings. The molecule has 0 radical (unpaired) electrons. The third-order valence-electron chi connectivity index (χ3n) is 3.12. The molecular formula is C14H21N3O. The summed E-state index contributed by atoms with van der Waals surface area (Å²) in [5, 5.41) is 7.86. The van der Waals surface area contributed by atoms with Crippen LogP contribution in [0.25, 0.3) is 0 Å². The van der Waals surface area contributed by atoms with E-state index in [1.807, 2.05) is 23.0 Å². The fraction of sp³-hybridized carbons (Fsp3) is 0.500. The van der Waals surface area contributed by atoms with Crippen LogP contribution in [0.4, 0.5) is 0 Å². The molecule has 0 spiro atoms. The molecule has 18 heavy (non-hydrogen) atoms. The van der Waals surface area contributed by atoms with Crippen molar-refractivity contribution in [3.63, 3.8) is 0 Å². The lowest BCUT2D eigenvalue weighted by atomic mass is 10.1. The van der Waals surface area contributed by atoms with Crippen LogP contribution >= 0.6 is 0 Å². The second-order valence-electron chi connectivity index (χ2n) is 4.97. The molecule has 0 bridgehead atoms. The minimum atomic E-state index is 0.192. The van der Waals surface area contributed by atoms with E-state index in [-0.39, 0.29) is 12.1 Å². The zero-order valence-electron chi connectivity index (χ0n) is 11.4. The van der Waals surface area contributed by atoms with Gasteiger partial charge in [0.25, 0.3) is 0 Å². The average Bonchev–Trinajstić information content (AvgIpc) is 3.00. The van der Waals surface area contributed by atoms with Crippen LogP contribution in [0, 0.1) is 0 Å². The number of rotatable bonds is 5. The molecule has 0 aliphatic rings. The van der Waals surface area contributed by atoms with Crippen LogP contribution in [0.5, 0.6) is 0 Å². The Morgan fingerprint density at radius 1 is 1.22 bits per heavy atom. The summed E-state index contributed by atoms with van der Waals surface area (Å²) in [4.78, 5) is 0. The highest BCUT2D eigenvalue weighted by Gasteiger charge is 2.14. The topological polar surface area (TPSA) is 43.0 Å². The van der Waals surface area contributed by atoms with Crippen LogP contribution in [0.3, 0.4) is 0 Å². The number of nitrogens with zero attached hydrogens (tertiary/aromatic N) is 2. The van der Waals surface area contributed by atoms with Crippen LogP contribution in [-0.4, -0.2) is 9.78 Å². The maximum absolute atomic E-state index is 5.39. The van der Waals surface area contributed by atoms with Crippen molar-refractivity contribution in [3.05, 3.63) is 42.1 Å². The maximum atomic E-state index is 5.39. The SMILES string of the molecule is CC(C)n1cc([C@H](C)N[C@@H](C)c2ccco2)cn1. The van der Waals surface area contributed by atoms with E-state index < -0.39 is 0 Å². The summed E-state index contributed by atoms with van der Waals surface area (Å²) in [6.45, 7) is 8.49. The van der Waals surface area contributed by atoms with E-state index in [1.165, 1.54) is 5.56 Å². The van der Waals surface area contributed by atoms with Gasteiger partial charge in [0.05, 0.1) is 18.5 Å². The molecule has 0 unspecified atom stereocenters. The minimum absolute atomic E-state index is 0.192. The highest BCUT2D eigenvalue weighted by Crippen LogP contribution is 2.19. The summed E-state index contributed by atoms with van der Waals surface area (Å²) in [7, 11) is 0. The van der Waals surface area contributed by atoms with E-state index in [2.05, 4.69) is 44.3 Å². The van der Waals surface area contributed by atoms with Gasteiger partial charge in [0.1, 0.15) is 5.76 Å². The van der Waals surface area contributed by atoms with Crippen LogP contribution in [0.15, 0.2) is 35.2 Å². The molecule has 2 aromatic heterocycles. The van der Waals surface area contributed by atoms with E-state index in [0.29, 0.717) is 6.04 Å². The fourth-order valence-corrected chi connectivity index (χ4v) is 1.95. The molecule has 2 atom stereocenters. The van der Waals surface area contributed by atoms with Gasteiger partial charge in [-0.1, -0.05) is 0 Å². The Kier molecular flexibility index (Phi) is 3.87. The third-order valence-corrected chi connectivity index (χ3v) is 3.12. The van der Waals surface area contributed by atoms with Crippen LogP contribution < -0.4 is 5.32 Å². The monoisotopic (exact) mass is 247 g/mol. The van der Waals surface area contributed by atoms with Crippen molar-refractivity contribution < 1.29 is 4.42 Å². The molecule has 0 amide bonds. The highest BCUT2D eigenvalue weighted by molar-refractivity contribution is 5.11. The molecule has 0 saturated carbocycles. The summed E-state index contributed by atoms with van der Waals surface area (Å²) < 4.78 is 7.37. The molecule has 98 valence electrons. The Labute approximate surface area is 108 Å². The predicted molar refractivity (Wildman–Crippen MR) is 71.3 cm³/mol. The third kappa shape index (κ3) is 2.82. The lowest BCUT2D eigenvalue weighted by molar-refractivity contribution is 0.402. The van der Waals surface area contributed by atoms with Crippen molar-refractivity contribution in [1.29, 1.82) is 0 Å².